The van der Waals surface area contributed by atoms with Crippen LogP contribution in [0.5, 0.6) is 17.2 Å². The van der Waals surface area contributed by atoms with Crippen LogP contribution in [0.2, 0.25) is 0 Å². The lowest BCUT2D eigenvalue weighted by Crippen LogP contribution is -2.48. The van der Waals surface area contributed by atoms with Gasteiger partial charge in [0, 0.05) is 19.5 Å². The molecule has 32 heavy (non-hydrogen) atoms. The van der Waals surface area contributed by atoms with Crippen LogP contribution in [0.15, 0.2) is 42.5 Å². The van der Waals surface area contributed by atoms with Gasteiger partial charge in [0.25, 0.3) is 0 Å². The third-order valence-corrected chi connectivity index (χ3v) is 5.43. The molecule has 7 nitrogen and oxygen atoms in total. The summed E-state index contributed by atoms with van der Waals surface area (Å²) in [4.78, 5) is 27.6. The fourth-order valence-corrected chi connectivity index (χ4v) is 3.45. The molecule has 0 aliphatic carbocycles. The van der Waals surface area contributed by atoms with E-state index in [1.54, 1.807) is 18.9 Å². The minimum atomic E-state index is -0.583. The summed E-state index contributed by atoms with van der Waals surface area (Å²) in [6.45, 7) is 6.99. The van der Waals surface area contributed by atoms with Crippen molar-refractivity contribution < 1.29 is 23.8 Å². The summed E-state index contributed by atoms with van der Waals surface area (Å²) in [6, 6.07) is 12.7. The SMILES string of the molecule is COc1ccc(CN(C(=O)CCc2ccc3c(c2)OCO3)[C@H](C)C(=O)NCC(C)C)cc1. The molecule has 0 fully saturated rings. The maximum absolute atomic E-state index is 13.2. The fraction of sp³-hybridized carbons (Fsp3) is 0.440. The summed E-state index contributed by atoms with van der Waals surface area (Å²) >= 11 is 0. The second kappa shape index (κ2) is 10.9. The average Bonchev–Trinajstić information content (AvgIpc) is 3.27. The number of rotatable bonds is 10. The Labute approximate surface area is 189 Å². The Balaban J connectivity index is 1.70. The van der Waals surface area contributed by atoms with Crippen molar-refractivity contribution in [1.82, 2.24) is 10.2 Å². The molecule has 1 heterocycles. The maximum Gasteiger partial charge on any atom is 0.242 e. The van der Waals surface area contributed by atoms with Crippen LogP contribution < -0.4 is 19.5 Å². The second-order valence-electron chi connectivity index (χ2n) is 8.37. The molecule has 0 radical (unpaired) electrons. The van der Waals surface area contributed by atoms with Gasteiger partial charge >= 0.3 is 0 Å². The average molecular weight is 441 g/mol. The zero-order valence-corrected chi connectivity index (χ0v) is 19.2. The van der Waals surface area contributed by atoms with Crippen molar-refractivity contribution in [2.24, 2.45) is 5.92 Å². The minimum absolute atomic E-state index is 0.0781. The number of fused-ring (bicyclic) bond motifs is 1. The number of nitrogens with one attached hydrogen (secondary N) is 1. The van der Waals surface area contributed by atoms with E-state index in [0.717, 1.165) is 22.6 Å². The van der Waals surface area contributed by atoms with E-state index in [1.165, 1.54) is 0 Å². The molecule has 0 aromatic heterocycles. The first-order valence-electron chi connectivity index (χ1n) is 11.0. The van der Waals surface area contributed by atoms with Crippen LogP contribution in [0.25, 0.3) is 0 Å². The number of hydrogen-bond acceptors (Lipinski definition) is 5. The normalized spacial score (nSPS) is 13.0. The molecule has 0 saturated heterocycles. The standard InChI is InChI=1S/C25H32N2O5/c1-17(2)14-26-25(29)18(3)27(15-20-5-9-21(30-4)10-6-20)24(28)12-8-19-7-11-22-23(13-19)32-16-31-22/h5-7,9-11,13,17-18H,8,12,14-16H2,1-4H3,(H,26,29)/t18-/m1/s1. The third-order valence-electron chi connectivity index (χ3n) is 5.43. The van der Waals surface area contributed by atoms with Crippen molar-refractivity contribution in [3.63, 3.8) is 0 Å². The number of carbonyl (C=O) groups excluding carboxylic acids is 2. The number of carbonyl (C=O) groups is 2. The van der Waals surface area contributed by atoms with Gasteiger partial charge in [-0.05, 0) is 54.7 Å². The van der Waals surface area contributed by atoms with Crippen LogP contribution in [-0.4, -0.2) is 43.2 Å². The molecule has 1 N–H and O–H groups in total. The monoisotopic (exact) mass is 440 g/mol. The van der Waals surface area contributed by atoms with Crippen molar-refractivity contribution in [2.45, 2.75) is 46.2 Å². The highest BCUT2D eigenvalue weighted by molar-refractivity contribution is 5.87. The number of hydrogen-bond donors (Lipinski definition) is 1. The molecule has 2 amide bonds. The van der Waals surface area contributed by atoms with E-state index in [-0.39, 0.29) is 25.0 Å². The van der Waals surface area contributed by atoms with Crippen molar-refractivity contribution >= 4 is 11.8 Å². The Morgan fingerprint density at radius 2 is 1.72 bits per heavy atom. The molecule has 2 aromatic rings. The van der Waals surface area contributed by atoms with Gasteiger partial charge in [-0.15, -0.1) is 0 Å². The molecular formula is C25H32N2O5. The Hall–Kier alpha value is -3.22. The Bertz CT molecular complexity index is 926. The highest BCUT2D eigenvalue weighted by Gasteiger charge is 2.26. The quantitative estimate of drug-likeness (QED) is 0.611. The van der Waals surface area contributed by atoms with Gasteiger partial charge in [-0.3, -0.25) is 9.59 Å². The largest absolute Gasteiger partial charge is 0.497 e. The van der Waals surface area contributed by atoms with Crippen molar-refractivity contribution in [1.29, 1.82) is 0 Å². The molecule has 3 rings (SSSR count). The van der Waals surface area contributed by atoms with Crippen LogP contribution in [0.3, 0.4) is 0 Å². The van der Waals surface area contributed by atoms with E-state index in [4.69, 9.17) is 14.2 Å². The van der Waals surface area contributed by atoms with Gasteiger partial charge in [-0.25, -0.2) is 0 Å². The first kappa shape index (κ1) is 23.4. The molecule has 1 atom stereocenters. The van der Waals surface area contributed by atoms with Gasteiger partial charge in [0.05, 0.1) is 7.11 Å². The topological polar surface area (TPSA) is 77.1 Å². The Kier molecular flexibility index (Phi) is 7.98. The van der Waals surface area contributed by atoms with Gasteiger partial charge < -0.3 is 24.4 Å². The zero-order valence-electron chi connectivity index (χ0n) is 19.2. The number of ether oxygens (including phenoxy) is 3. The molecule has 1 aliphatic rings. The zero-order chi connectivity index (χ0) is 23.1. The summed E-state index contributed by atoms with van der Waals surface area (Å²) in [6.07, 6.45) is 0.840. The smallest absolute Gasteiger partial charge is 0.242 e. The highest BCUT2D eigenvalue weighted by atomic mass is 16.7. The number of nitrogens with zero attached hydrogens (tertiary/aromatic N) is 1. The summed E-state index contributed by atoms with van der Waals surface area (Å²) < 4.78 is 16.0. The molecule has 0 unspecified atom stereocenters. The van der Waals surface area contributed by atoms with E-state index >= 15 is 0 Å². The molecule has 0 saturated carbocycles. The van der Waals surface area contributed by atoms with E-state index in [0.29, 0.717) is 31.2 Å². The van der Waals surface area contributed by atoms with Crippen LogP contribution in [0.4, 0.5) is 0 Å². The third kappa shape index (κ3) is 6.15. The summed E-state index contributed by atoms with van der Waals surface area (Å²) in [5.74, 6) is 2.28. The van der Waals surface area contributed by atoms with Gasteiger partial charge in [-0.2, -0.15) is 0 Å². The number of amides is 2. The lowest BCUT2D eigenvalue weighted by Gasteiger charge is -2.29. The van der Waals surface area contributed by atoms with Gasteiger partial charge in [0.15, 0.2) is 11.5 Å². The van der Waals surface area contributed by atoms with E-state index < -0.39 is 6.04 Å². The van der Waals surface area contributed by atoms with Gasteiger partial charge in [-0.1, -0.05) is 32.0 Å². The Morgan fingerprint density at radius 1 is 1.03 bits per heavy atom. The molecule has 1 aliphatic heterocycles. The number of aryl methyl sites for hydroxylation is 1. The minimum Gasteiger partial charge on any atom is -0.497 e. The predicted molar refractivity (Wildman–Crippen MR) is 122 cm³/mol. The molecule has 0 bridgehead atoms. The molecular weight excluding hydrogens is 408 g/mol. The molecule has 0 spiro atoms. The van der Waals surface area contributed by atoms with Gasteiger partial charge in [0.1, 0.15) is 11.8 Å². The second-order valence-corrected chi connectivity index (χ2v) is 8.37. The molecule has 2 aromatic carbocycles. The van der Waals surface area contributed by atoms with Crippen molar-refractivity contribution in [3.8, 4) is 17.2 Å². The Morgan fingerprint density at radius 3 is 2.41 bits per heavy atom. The molecule has 7 heteroatoms. The van der Waals surface area contributed by atoms with Crippen LogP contribution in [0.1, 0.15) is 38.3 Å². The summed E-state index contributed by atoms with van der Waals surface area (Å²) in [5, 5.41) is 2.94. The van der Waals surface area contributed by atoms with Gasteiger partial charge in [0.2, 0.25) is 18.6 Å². The lowest BCUT2D eigenvalue weighted by atomic mass is 10.1. The first-order chi connectivity index (χ1) is 15.4. The molecule has 172 valence electrons. The van der Waals surface area contributed by atoms with E-state index in [1.807, 2.05) is 56.3 Å². The van der Waals surface area contributed by atoms with Crippen LogP contribution >= 0.6 is 0 Å². The highest BCUT2D eigenvalue weighted by Crippen LogP contribution is 2.32. The number of methoxy groups -OCH3 is 1. The van der Waals surface area contributed by atoms with E-state index in [9.17, 15) is 9.59 Å². The van der Waals surface area contributed by atoms with E-state index in [2.05, 4.69) is 5.32 Å². The summed E-state index contributed by atoms with van der Waals surface area (Å²) in [5.41, 5.74) is 1.93. The lowest BCUT2D eigenvalue weighted by molar-refractivity contribution is -0.140. The summed E-state index contributed by atoms with van der Waals surface area (Å²) in [7, 11) is 1.61. The maximum atomic E-state index is 13.2. The van der Waals surface area contributed by atoms with Crippen LogP contribution in [0, 0.1) is 5.92 Å². The first-order valence-corrected chi connectivity index (χ1v) is 11.0. The fourth-order valence-electron chi connectivity index (χ4n) is 3.45. The number of benzene rings is 2. The van der Waals surface area contributed by atoms with Crippen LogP contribution in [-0.2, 0) is 22.6 Å². The predicted octanol–water partition coefficient (Wildman–Crippen LogP) is 3.55. The van der Waals surface area contributed by atoms with Crippen molar-refractivity contribution in [2.75, 3.05) is 20.4 Å². The van der Waals surface area contributed by atoms with Crippen molar-refractivity contribution in [3.05, 3.63) is 53.6 Å².